The van der Waals surface area contributed by atoms with E-state index in [1.807, 2.05) is 24.3 Å². The lowest BCUT2D eigenvalue weighted by Gasteiger charge is -2.01. The zero-order chi connectivity index (χ0) is 17.4. The van der Waals surface area contributed by atoms with Gasteiger partial charge >= 0.3 is 5.97 Å². The highest BCUT2D eigenvalue weighted by atomic mass is 35.5. The zero-order valence-corrected chi connectivity index (χ0v) is 14.4. The highest BCUT2D eigenvalue weighted by Gasteiger charge is 2.22. The number of carbonyl (C=O) groups is 1. The number of fused-ring (bicyclic) bond motifs is 1. The van der Waals surface area contributed by atoms with Crippen LogP contribution in [0.2, 0.25) is 5.02 Å². The van der Waals surface area contributed by atoms with Gasteiger partial charge in [0.25, 0.3) is 0 Å². The van der Waals surface area contributed by atoms with Crippen LogP contribution >= 0.6 is 23.8 Å². The summed E-state index contributed by atoms with van der Waals surface area (Å²) >= 11 is 11.4. The first-order valence-electron chi connectivity index (χ1n) is 7.54. The van der Waals surface area contributed by atoms with Crippen LogP contribution in [0.25, 0.3) is 22.8 Å². The van der Waals surface area contributed by atoms with Gasteiger partial charge in [0.1, 0.15) is 11.3 Å². The zero-order valence-electron chi connectivity index (χ0n) is 12.9. The molecule has 0 aliphatic carbocycles. The van der Waals surface area contributed by atoms with Gasteiger partial charge in [-0.25, -0.2) is 4.79 Å². The Morgan fingerprint density at radius 1 is 1.04 bits per heavy atom. The minimum absolute atomic E-state index is 0.418. The number of para-hydroxylation sites is 1. The maximum Gasteiger partial charge on any atom is 0.343 e. The van der Waals surface area contributed by atoms with Crippen molar-refractivity contribution in [2.75, 3.05) is 0 Å². The molecule has 2 aromatic carbocycles. The second kappa shape index (κ2) is 6.31. The van der Waals surface area contributed by atoms with Crippen LogP contribution in [0, 0.1) is 4.51 Å². The lowest BCUT2D eigenvalue weighted by Crippen LogP contribution is -1.97. The fourth-order valence-electron chi connectivity index (χ4n) is 2.61. The van der Waals surface area contributed by atoms with Crippen molar-refractivity contribution in [2.45, 2.75) is 0 Å². The number of halogens is 1. The summed E-state index contributed by atoms with van der Waals surface area (Å²) < 4.78 is 11.6. The van der Waals surface area contributed by atoms with Crippen molar-refractivity contribution in [2.24, 2.45) is 0 Å². The Kier molecular flexibility index (Phi) is 3.99. The number of rotatable bonds is 2. The average molecular weight is 367 g/mol. The quantitative estimate of drug-likeness (QED) is 0.326. The normalized spacial score (nSPS) is 15.5. The molecule has 122 valence electrons. The minimum Gasteiger partial charge on any atom is -0.464 e. The van der Waals surface area contributed by atoms with Crippen molar-refractivity contribution < 1.29 is 13.9 Å². The molecule has 0 amide bonds. The van der Waals surface area contributed by atoms with Crippen LogP contribution in [-0.2, 0) is 9.53 Å². The van der Waals surface area contributed by atoms with Gasteiger partial charge in [0.15, 0.2) is 0 Å². The smallest absolute Gasteiger partial charge is 0.343 e. The Morgan fingerprint density at radius 2 is 1.80 bits per heavy atom. The van der Waals surface area contributed by atoms with Crippen molar-refractivity contribution in [3.8, 4) is 0 Å². The molecule has 1 aromatic heterocycles. The number of hydrogen-bond acceptors (Lipinski definition) is 4. The summed E-state index contributed by atoms with van der Waals surface area (Å²) in [6, 6.07) is 14.6. The van der Waals surface area contributed by atoms with Gasteiger partial charge in [-0.05, 0) is 48.6 Å². The maximum atomic E-state index is 12.2. The molecule has 0 unspecified atom stereocenters. The third-order valence-electron chi connectivity index (χ3n) is 3.87. The molecular formula is C20H11ClO3S. The van der Waals surface area contributed by atoms with E-state index < -0.39 is 5.97 Å². The molecule has 0 bridgehead atoms. The number of cyclic esters (lactones) is 1. The summed E-state index contributed by atoms with van der Waals surface area (Å²) in [5, 5.41) is 1.46. The van der Waals surface area contributed by atoms with Crippen LogP contribution < -0.4 is 0 Å². The topological polar surface area (TPSA) is 39.4 Å². The Labute approximate surface area is 153 Å². The van der Waals surface area contributed by atoms with Crippen LogP contribution in [0.4, 0.5) is 0 Å². The number of benzene rings is 2. The molecule has 2 heterocycles. The summed E-state index contributed by atoms with van der Waals surface area (Å²) in [5.41, 5.74) is 2.57. The predicted molar refractivity (Wildman–Crippen MR) is 101 cm³/mol. The van der Waals surface area contributed by atoms with Crippen molar-refractivity contribution in [1.82, 2.24) is 0 Å². The van der Waals surface area contributed by atoms with Crippen molar-refractivity contribution in [3.05, 3.63) is 87.1 Å². The fourth-order valence-corrected chi connectivity index (χ4v) is 3.01. The lowest BCUT2D eigenvalue weighted by molar-refractivity contribution is -0.130. The Balaban J connectivity index is 1.76. The van der Waals surface area contributed by atoms with E-state index >= 15 is 0 Å². The molecule has 1 aliphatic heterocycles. The molecule has 25 heavy (non-hydrogen) atoms. The largest absolute Gasteiger partial charge is 0.464 e. The molecule has 3 nitrogen and oxygen atoms in total. The third kappa shape index (κ3) is 3.02. The highest BCUT2D eigenvalue weighted by molar-refractivity contribution is 7.71. The van der Waals surface area contributed by atoms with Crippen molar-refractivity contribution in [3.63, 3.8) is 0 Å². The molecule has 0 saturated carbocycles. The molecular weight excluding hydrogens is 356 g/mol. The molecule has 4 rings (SSSR count). The first kappa shape index (κ1) is 15.8. The fraction of sp³-hybridized carbons (Fsp3) is 0. The van der Waals surface area contributed by atoms with Gasteiger partial charge in [-0.3, -0.25) is 0 Å². The molecule has 1 aliphatic rings. The van der Waals surface area contributed by atoms with Crippen LogP contribution in [-0.4, -0.2) is 5.97 Å². The van der Waals surface area contributed by atoms with E-state index in [4.69, 9.17) is 33.0 Å². The molecule has 0 fully saturated rings. The van der Waals surface area contributed by atoms with Crippen LogP contribution in [0.5, 0.6) is 0 Å². The number of esters is 1. The standard InChI is InChI=1S/C20H11ClO3S/c21-15-7-5-12(6-8-15)18-10-13(20(22)24-18)9-14-11-23-17-4-2-1-3-16(17)19(14)25/h1-11H/b13-9+. The minimum atomic E-state index is -0.424. The summed E-state index contributed by atoms with van der Waals surface area (Å²) in [6.07, 6.45) is 4.93. The maximum absolute atomic E-state index is 12.2. The Bertz CT molecular complexity index is 1110. The van der Waals surface area contributed by atoms with Gasteiger partial charge in [0, 0.05) is 21.5 Å². The van der Waals surface area contributed by atoms with Gasteiger partial charge in [-0.2, -0.15) is 0 Å². The van der Waals surface area contributed by atoms with E-state index in [1.54, 1.807) is 42.7 Å². The third-order valence-corrected chi connectivity index (χ3v) is 4.58. The Morgan fingerprint density at radius 3 is 2.60 bits per heavy atom. The van der Waals surface area contributed by atoms with E-state index in [9.17, 15) is 4.79 Å². The second-order valence-electron chi connectivity index (χ2n) is 5.52. The van der Waals surface area contributed by atoms with Gasteiger partial charge in [-0.15, -0.1) is 0 Å². The molecule has 0 N–H and O–H groups in total. The molecule has 0 radical (unpaired) electrons. The van der Waals surface area contributed by atoms with Gasteiger partial charge in [-0.1, -0.05) is 36.0 Å². The van der Waals surface area contributed by atoms with Crippen LogP contribution in [0.15, 0.2) is 70.9 Å². The van der Waals surface area contributed by atoms with E-state index in [1.165, 1.54) is 0 Å². The number of carbonyl (C=O) groups excluding carboxylic acids is 1. The van der Waals surface area contributed by atoms with Crippen LogP contribution in [0.1, 0.15) is 11.1 Å². The first-order valence-corrected chi connectivity index (χ1v) is 8.32. The van der Waals surface area contributed by atoms with E-state index in [2.05, 4.69) is 0 Å². The summed E-state index contributed by atoms with van der Waals surface area (Å²) in [4.78, 5) is 12.2. The number of hydrogen-bond donors (Lipinski definition) is 0. The number of ether oxygens (including phenoxy) is 1. The van der Waals surface area contributed by atoms with Crippen molar-refractivity contribution in [1.29, 1.82) is 0 Å². The second-order valence-corrected chi connectivity index (χ2v) is 6.37. The summed E-state index contributed by atoms with van der Waals surface area (Å²) in [7, 11) is 0. The highest BCUT2D eigenvalue weighted by Crippen LogP contribution is 2.29. The van der Waals surface area contributed by atoms with Crippen molar-refractivity contribution >= 4 is 52.6 Å². The summed E-state index contributed by atoms with van der Waals surface area (Å²) in [6.45, 7) is 0. The van der Waals surface area contributed by atoms with Gasteiger partial charge in [0.2, 0.25) is 0 Å². The average Bonchev–Trinajstić information content (AvgIpc) is 2.99. The molecule has 0 saturated heterocycles. The molecule has 5 heteroatoms. The lowest BCUT2D eigenvalue weighted by atomic mass is 10.1. The van der Waals surface area contributed by atoms with Gasteiger partial charge in [0.05, 0.1) is 16.3 Å². The van der Waals surface area contributed by atoms with E-state index in [0.29, 0.717) is 32.0 Å². The molecule has 3 aromatic rings. The SMILES string of the molecule is O=C1OC(c2ccc(Cl)cc2)=C/C1=C\c1coc2ccccc2c1=S. The first-order chi connectivity index (χ1) is 12.1. The van der Waals surface area contributed by atoms with Gasteiger partial charge < -0.3 is 9.15 Å². The Hall–Kier alpha value is -2.69. The molecule has 0 spiro atoms. The predicted octanol–water partition coefficient (Wildman–Crippen LogP) is 5.80. The van der Waals surface area contributed by atoms with Crippen LogP contribution in [0.3, 0.4) is 0 Å². The molecule has 0 atom stereocenters. The monoisotopic (exact) mass is 366 g/mol. The van der Waals surface area contributed by atoms with E-state index in [0.717, 1.165) is 10.9 Å². The van der Waals surface area contributed by atoms with E-state index in [-0.39, 0.29) is 0 Å². The summed E-state index contributed by atoms with van der Waals surface area (Å²) in [5.74, 6) is 0.0593.